The van der Waals surface area contributed by atoms with Crippen LogP contribution in [0.15, 0.2) is 42.6 Å². The van der Waals surface area contributed by atoms with Crippen LogP contribution in [0.4, 0.5) is 22.0 Å². The summed E-state index contributed by atoms with van der Waals surface area (Å²) in [6.45, 7) is 1.61. The molecule has 0 aliphatic heterocycles. The standard InChI is InChI=1S/C21H16F5N3O/c1-11-6-17(19(30)28-10-13-4-2-3-5-27-13)29-18-14(11)7-12(16-9-20(16,22)23)8-15(18)21(24,25)26/h2-8,16H,9-10H2,1H3,(H,28,30). The van der Waals surface area contributed by atoms with Crippen molar-refractivity contribution >= 4 is 16.8 Å². The number of fused-ring (bicyclic) bond motifs is 1. The third-order valence-electron chi connectivity index (χ3n) is 5.07. The molecule has 0 spiro atoms. The summed E-state index contributed by atoms with van der Waals surface area (Å²) >= 11 is 0. The molecule has 2 aromatic heterocycles. The Balaban J connectivity index is 1.73. The Bertz CT molecular complexity index is 1130. The number of carbonyl (C=O) groups excluding carboxylic acids is 1. The van der Waals surface area contributed by atoms with E-state index in [1.54, 1.807) is 24.4 Å². The van der Waals surface area contributed by atoms with Gasteiger partial charge >= 0.3 is 6.18 Å². The Labute approximate surface area is 168 Å². The SMILES string of the molecule is Cc1cc(C(=O)NCc2ccccn2)nc2c(C(F)(F)F)cc(C3CC3(F)F)cc12. The fourth-order valence-electron chi connectivity index (χ4n) is 3.39. The minimum Gasteiger partial charge on any atom is -0.345 e. The zero-order chi connectivity index (χ0) is 21.7. The smallest absolute Gasteiger partial charge is 0.345 e. The summed E-state index contributed by atoms with van der Waals surface area (Å²) < 4.78 is 67.9. The molecule has 156 valence electrons. The molecule has 1 aromatic carbocycles. The lowest BCUT2D eigenvalue weighted by Gasteiger charge is -2.15. The summed E-state index contributed by atoms with van der Waals surface area (Å²) in [6, 6.07) is 8.53. The first-order valence-electron chi connectivity index (χ1n) is 9.15. The molecule has 30 heavy (non-hydrogen) atoms. The number of aryl methyl sites for hydroxylation is 1. The highest BCUT2D eigenvalue weighted by Crippen LogP contribution is 2.56. The van der Waals surface area contributed by atoms with E-state index in [9.17, 15) is 26.7 Å². The number of amides is 1. The molecule has 1 amide bonds. The fourth-order valence-corrected chi connectivity index (χ4v) is 3.39. The van der Waals surface area contributed by atoms with Crippen LogP contribution in [-0.4, -0.2) is 21.8 Å². The van der Waals surface area contributed by atoms with E-state index in [1.165, 1.54) is 19.1 Å². The summed E-state index contributed by atoms with van der Waals surface area (Å²) in [5.74, 6) is -4.89. The topological polar surface area (TPSA) is 54.9 Å². The van der Waals surface area contributed by atoms with Crippen LogP contribution in [-0.2, 0) is 12.7 Å². The lowest BCUT2D eigenvalue weighted by Crippen LogP contribution is -2.24. The second kappa shape index (κ2) is 7.00. The van der Waals surface area contributed by atoms with Gasteiger partial charge in [0.15, 0.2) is 0 Å². The van der Waals surface area contributed by atoms with Crippen LogP contribution in [0, 0.1) is 6.92 Å². The molecule has 4 nitrogen and oxygen atoms in total. The molecule has 1 N–H and O–H groups in total. The average molecular weight is 421 g/mol. The normalized spacial score (nSPS) is 17.7. The van der Waals surface area contributed by atoms with Gasteiger partial charge in [-0.1, -0.05) is 6.07 Å². The quantitative estimate of drug-likeness (QED) is 0.603. The van der Waals surface area contributed by atoms with E-state index in [0.717, 1.165) is 6.07 Å². The lowest BCUT2D eigenvalue weighted by atomic mass is 9.98. The Kier molecular flexibility index (Phi) is 4.71. The molecule has 1 atom stereocenters. The van der Waals surface area contributed by atoms with E-state index >= 15 is 0 Å². The molecule has 1 fully saturated rings. The number of benzene rings is 1. The van der Waals surface area contributed by atoms with Crippen molar-refractivity contribution < 1.29 is 26.7 Å². The first-order valence-corrected chi connectivity index (χ1v) is 9.15. The van der Waals surface area contributed by atoms with Gasteiger partial charge in [-0.15, -0.1) is 0 Å². The van der Waals surface area contributed by atoms with Crippen LogP contribution in [0.3, 0.4) is 0 Å². The van der Waals surface area contributed by atoms with E-state index in [-0.39, 0.29) is 23.2 Å². The van der Waals surface area contributed by atoms with Crippen molar-refractivity contribution in [1.82, 2.24) is 15.3 Å². The van der Waals surface area contributed by atoms with Gasteiger partial charge in [0.05, 0.1) is 29.2 Å². The second-order valence-corrected chi connectivity index (χ2v) is 7.31. The van der Waals surface area contributed by atoms with Gasteiger partial charge in [-0.2, -0.15) is 13.2 Å². The van der Waals surface area contributed by atoms with Gasteiger partial charge in [0.1, 0.15) is 5.69 Å². The minimum atomic E-state index is -4.80. The number of rotatable bonds is 4. The van der Waals surface area contributed by atoms with Crippen molar-refractivity contribution in [2.75, 3.05) is 0 Å². The van der Waals surface area contributed by atoms with Crippen molar-refractivity contribution in [2.24, 2.45) is 0 Å². The molecule has 1 aliphatic carbocycles. The largest absolute Gasteiger partial charge is 0.418 e. The second-order valence-electron chi connectivity index (χ2n) is 7.31. The summed E-state index contributed by atoms with van der Waals surface area (Å²) in [5.41, 5.74) is -0.893. The van der Waals surface area contributed by atoms with Crippen molar-refractivity contribution in [3.8, 4) is 0 Å². The zero-order valence-electron chi connectivity index (χ0n) is 15.7. The number of nitrogens with zero attached hydrogens (tertiary/aromatic N) is 2. The number of hydrogen-bond donors (Lipinski definition) is 1. The molecule has 0 radical (unpaired) electrons. The van der Waals surface area contributed by atoms with Gasteiger partial charge in [0.2, 0.25) is 0 Å². The third kappa shape index (κ3) is 3.83. The van der Waals surface area contributed by atoms with Crippen LogP contribution in [0.2, 0.25) is 0 Å². The minimum absolute atomic E-state index is 0.0721. The molecule has 4 rings (SSSR count). The molecule has 1 unspecified atom stereocenters. The monoisotopic (exact) mass is 421 g/mol. The summed E-state index contributed by atoms with van der Waals surface area (Å²) in [4.78, 5) is 20.5. The van der Waals surface area contributed by atoms with Crippen LogP contribution in [0.5, 0.6) is 0 Å². The highest BCUT2D eigenvalue weighted by atomic mass is 19.4. The maximum absolute atomic E-state index is 13.7. The van der Waals surface area contributed by atoms with Crippen molar-refractivity contribution in [3.05, 3.63) is 70.7 Å². The van der Waals surface area contributed by atoms with Crippen LogP contribution in [0.25, 0.3) is 10.9 Å². The van der Waals surface area contributed by atoms with Crippen molar-refractivity contribution in [3.63, 3.8) is 0 Å². The van der Waals surface area contributed by atoms with Gasteiger partial charge in [-0.05, 0) is 48.4 Å². The van der Waals surface area contributed by atoms with Crippen molar-refractivity contribution in [1.29, 1.82) is 0 Å². The number of halogens is 5. The van der Waals surface area contributed by atoms with Gasteiger partial charge in [0.25, 0.3) is 11.8 Å². The number of aromatic nitrogens is 2. The highest BCUT2D eigenvalue weighted by Gasteiger charge is 2.58. The molecule has 9 heteroatoms. The Morgan fingerprint density at radius 1 is 1.23 bits per heavy atom. The fraction of sp³-hybridized carbons (Fsp3) is 0.286. The van der Waals surface area contributed by atoms with Gasteiger partial charge in [-0.25, -0.2) is 13.8 Å². The molecule has 1 aliphatic rings. The van der Waals surface area contributed by atoms with Crippen LogP contribution < -0.4 is 5.32 Å². The molecule has 0 bridgehead atoms. The Morgan fingerprint density at radius 2 is 1.97 bits per heavy atom. The predicted molar refractivity (Wildman–Crippen MR) is 99.2 cm³/mol. The molecule has 0 saturated heterocycles. The first kappa shape index (κ1) is 20.2. The molecule has 1 saturated carbocycles. The molecule has 2 heterocycles. The van der Waals surface area contributed by atoms with E-state index in [4.69, 9.17) is 0 Å². The third-order valence-corrected chi connectivity index (χ3v) is 5.07. The number of nitrogens with one attached hydrogen (secondary N) is 1. The van der Waals surface area contributed by atoms with E-state index in [2.05, 4.69) is 15.3 Å². The lowest BCUT2D eigenvalue weighted by molar-refractivity contribution is -0.136. The van der Waals surface area contributed by atoms with Gasteiger partial charge < -0.3 is 5.32 Å². The zero-order valence-corrected chi connectivity index (χ0v) is 15.7. The van der Waals surface area contributed by atoms with E-state index in [1.807, 2.05) is 0 Å². The molecular weight excluding hydrogens is 405 g/mol. The average Bonchev–Trinajstić information content (AvgIpc) is 3.33. The summed E-state index contributed by atoms with van der Waals surface area (Å²) in [5, 5.41) is 2.67. The highest BCUT2D eigenvalue weighted by molar-refractivity contribution is 5.97. The van der Waals surface area contributed by atoms with Crippen LogP contribution in [0.1, 0.15) is 45.2 Å². The van der Waals surface area contributed by atoms with Crippen LogP contribution >= 0.6 is 0 Å². The number of pyridine rings is 2. The van der Waals surface area contributed by atoms with Gasteiger partial charge in [-0.3, -0.25) is 9.78 Å². The molecular formula is C21H16F5N3O. The van der Waals surface area contributed by atoms with E-state index < -0.39 is 41.4 Å². The number of alkyl halides is 5. The maximum atomic E-state index is 13.7. The number of carbonyl (C=O) groups is 1. The molecule has 3 aromatic rings. The summed E-state index contributed by atoms with van der Waals surface area (Å²) in [6.07, 6.45) is -3.73. The van der Waals surface area contributed by atoms with E-state index in [0.29, 0.717) is 11.3 Å². The first-order chi connectivity index (χ1) is 14.1. The predicted octanol–water partition coefficient (Wildman–Crippen LogP) is 5.01. The number of hydrogen-bond acceptors (Lipinski definition) is 3. The Morgan fingerprint density at radius 3 is 2.57 bits per heavy atom. The maximum Gasteiger partial charge on any atom is 0.418 e. The Hall–Kier alpha value is -3.10. The van der Waals surface area contributed by atoms with Gasteiger partial charge in [0, 0.05) is 18.0 Å². The van der Waals surface area contributed by atoms with Crippen molar-refractivity contribution in [2.45, 2.75) is 37.9 Å². The summed E-state index contributed by atoms with van der Waals surface area (Å²) in [7, 11) is 0.